The van der Waals surface area contributed by atoms with Crippen LogP contribution in [0.5, 0.6) is 0 Å². The summed E-state index contributed by atoms with van der Waals surface area (Å²) in [6, 6.07) is 0.258. The molecular formula is C43H78N8O4. The highest BCUT2D eigenvalue weighted by Gasteiger charge is 2.50. The Kier molecular flexibility index (Phi) is 14.8. The van der Waals surface area contributed by atoms with Crippen molar-refractivity contribution in [3.63, 3.8) is 0 Å². The molecule has 4 aliphatic rings. The van der Waals surface area contributed by atoms with E-state index in [0.29, 0.717) is 35.9 Å². The summed E-state index contributed by atoms with van der Waals surface area (Å²) in [7, 11) is 0. The van der Waals surface area contributed by atoms with Gasteiger partial charge in [0.25, 0.3) is 0 Å². The van der Waals surface area contributed by atoms with E-state index in [1.807, 2.05) is 0 Å². The summed E-state index contributed by atoms with van der Waals surface area (Å²) in [5, 5.41) is 24.7. The third-order valence-corrected chi connectivity index (χ3v) is 12.9. The molecule has 0 aromatic carbocycles. The van der Waals surface area contributed by atoms with Gasteiger partial charge in [-0.05, 0) is 131 Å². The summed E-state index contributed by atoms with van der Waals surface area (Å²) in [4.78, 5) is 39.8. The van der Waals surface area contributed by atoms with Gasteiger partial charge in [-0.15, -0.1) is 0 Å². The molecule has 0 amide bonds. The highest BCUT2D eigenvalue weighted by Crippen LogP contribution is 2.47. The lowest BCUT2D eigenvalue weighted by Gasteiger charge is -2.56. The predicted molar refractivity (Wildman–Crippen MR) is 222 cm³/mol. The zero-order valence-corrected chi connectivity index (χ0v) is 36.3. The quantitative estimate of drug-likeness (QED) is 0.120. The molecule has 12 nitrogen and oxygen atoms in total. The summed E-state index contributed by atoms with van der Waals surface area (Å²) in [5.74, 6) is 0.978. The molecule has 2 saturated heterocycles. The normalized spacial score (nSPS) is 25.3. The van der Waals surface area contributed by atoms with Gasteiger partial charge in [0, 0.05) is 34.2 Å². The zero-order chi connectivity index (χ0) is 40.0. The van der Waals surface area contributed by atoms with Crippen LogP contribution in [0.25, 0.3) is 0 Å². The fourth-order valence-corrected chi connectivity index (χ4v) is 11.0. The van der Waals surface area contributed by atoms with Crippen molar-refractivity contribution in [2.24, 2.45) is 11.8 Å². The predicted octanol–water partition coefficient (Wildman–Crippen LogP) is 9.60. The van der Waals surface area contributed by atoms with Crippen molar-refractivity contribution in [1.29, 1.82) is 0 Å². The van der Waals surface area contributed by atoms with E-state index in [9.17, 15) is 9.90 Å². The Hall–Kier alpha value is -2.28. The van der Waals surface area contributed by atoms with Crippen molar-refractivity contribution in [3.05, 3.63) is 0 Å². The Bertz CT molecular complexity index is 1250. The van der Waals surface area contributed by atoms with E-state index in [2.05, 4.69) is 95.3 Å². The number of piperidine rings is 2. The van der Waals surface area contributed by atoms with E-state index in [-0.39, 0.29) is 46.7 Å². The van der Waals surface area contributed by atoms with Crippen LogP contribution in [0, 0.1) is 11.8 Å². The monoisotopic (exact) mass is 771 g/mol. The maximum atomic E-state index is 11.6. The summed E-state index contributed by atoms with van der Waals surface area (Å²) in [5.41, 5.74) is -0.597. The average molecular weight is 771 g/mol. The maximum Gasteiger partial charge on any atom is 0.322 e. The zero-order valence-electron chi connectivity index (χ0n) is 36.3. The van der Waals surface area contributed by atoms with Gasteiger partial charge in [0.1, 0.15) is 6.54 Å². The molecule has 2 atom stereocenters. The van der Waals surface area contributed by atoms with Crippen LogP contribution in [0.4, 0.5) is 17.8 Å². The van der Waals surface area contributed by atoms with Crippen LogP contribution < -0.4 is 16.0 Å². The highest BCUT2D eigenvalue weighted by molar-refractivity contribution is 5.72. The molecule has 0 radical (unpaired) electrons. The van der Waals surface area contributed by atoms with Crippen molar-refractivity contribution >= 4 is 23.8 Å². The van der Waals surface area contributed by atoms with Crippen LogP contribution in [0.2, 0.25) is 0 Å². The molecule has 0 bridgehead atoms. The SMILES string of the molecule is CCCC(Nc1nc(NCC(=O)O)nc(NC(CCC)C2CC(C)(C)N(OC3CCCCC3)C(C)(C)C2)n1)C1CC(C)(C)N(OC2CCCCC2)C(C)(C)C1. The number of aliphatic carboxylic acids is 1. The van der Waals surface area contributed by atoms with Crippen LogP contribution in [0.15, 0.2) is 0 Å². The topological polar surface area (TPSA) is 137 Å². The first-order valence-electron chi connectivity index (χ1n) is 22.1. The number of carboxylic acid groups (broad SMARTS) is 1. The molecule has 3 heterocycles. The highest BCUT2D eigenvalue weighted by atomic mass is 16.7. The number of hydrogen-bond donors (Lipinski definition) is 4. The second-order valence-electron chi connectivity index (χ2n) is 20.0. The van der Waals surface area contributed by atoms with Gasteiger partial charge < -0.3 is 21.1 Å². The van der Waals surface area contributed by atoms with E-state index >= 15 is 0 Å². The molecule has 2 aliphatic carbocycles. The lowest BCUT2D eigenvalue weighted by atomic mass is 9.71. The van der Waals surface area contributed by atoms with Gasteiger partial charge in [0.15, 0.2) is 0 Å². The molecule has 5 rings (SSSR count). The fourth-order valence-electron chi connectivity index (χ4n) is 11.0. The van der Waals surface area contributed by atoms with Crippen LogP contribution in [0.1, 0.15) is 185 Å². The van der Waals surface area contributed by atoms with Crippen molar-refractivity contribution in [1.82, 2.24) is 25.1 Å². The van der Waals surface area contributed by atoms with Crippen LogP contribution in [-0.2, 0) is 14.5 Å². The number of anilines is 3. The molecule has 4 fully saturated rings. The molecule has 55 heavy (non-hydrogen) atoms. The van der Waals surface area contributed by atoms with Gasteiger partial charge in [-0.25, -0.2) is 0 Å². The van der Waals surface area contributed by atoms with Crippen molar-refractivity contribution < 1.29 is 19.6 Å². The lowest BCUT2D eigenvalue weighted by molar-refractivity contribution is -0.314. The number of rotatable bonds is 17. The molecule has 1 aromatic heterocycles. The minimum atomic E-state index is -0.963. The van der Waals surface area contributed by atoms with Crippen molar-refractivity contribution in [3.8, 4) is 0 Å². The van der Waals surface area contributed by atoms with Gasteiger partial charge in [0.2, 0.25) is 17.8 Å². The smallest absolute Gasteiger partial charge is 0.322 e. The summed E-state index contributed by atoms with van der Waals surface area (Å²) >= 11 is 0. The number of carbonyl (C=O) groups is 1. The standard InChI is InChI=1S/C43H78N8O4/c1-11-19-34(30-25-40(3,4)50(41(5,6)26-30)54-32-21-15-13-16-22-32)45-38-47-37(44-29-36(52)53)48-39(49-38)46-35(20-12-2)31-27-42(7,8)51(43(9,10)28-31)55-33-23-17-14-18-24-33/h30-35H,11-29H2,1-10H3,(H,52,53)(H3,44,45,46,47,48,49). The van der Waals surface area contributed by atoms with Crippen LogP contribution in [-0.4, -0.2) is 89.1 Å². The van der Waals surface area contributed by atoms with Gasteiger partial charge in [-0.1, -0.05) is 65.2 Å². The Morgan fingerprint density at radius 3 is 1.31 bits per heavy atom. The molecule has 1 aromatic rings. The Morgan fingerprint density at radius 2 is 0.982 bits per heavy atom. The molecule has 4 N–H and O–H groups in total. The largest absolute Gasteiger partial charge is 0.480 e. The van der Waals surface area contributed by atoms with Crippen molar-refractivity contribution in [2.75, 3.05) is 22.5 Å². The molecule has 0 spiro atoms. The Labute approximate surface area is 333 Å². The second-order valence-corrected chi connectivity index (χ2v) is 20.0. The van der Waals surface area contributed by atoms with E-state index in [0.717, 1.165) is 77.0 Å². The van der Waals surface area contributed by atoms with Gasteiger partial charge in [-0.2, -0.15) is 25.1 Å². The molecule has 12 heteroatoms. The fraction of sp³-hybridized carbons (Fsp3) is 0.907. The van der Waals surface area contributed by atoms with E-state index in [1.54, 1.807) is 0 Å². The number of nitrogens with one attached hydrogen (secondary N) is 3. The Morgan fingerprint density at radius 1 is 0.636 bits per heavy atom. The third kappa shape index (κ3) is 11.7. The summed E-state index contributed by atoms with van der Waals surface area (Å²) in [6.45, 7) is 22.8. The molecule has 2 aliphatic heterocycles. The molecule has 2 saturated carbocycles. The van der Waals surface area contributed by atoms with E-state index in [4.69, 9.17) is 24.6 Å². The second kappa shape index (κ2) is 18.5. The minimum Gasteiger partial charge on any atom is -0.480 e. The van der Waals surface area contributed by atoms with E-state index in [1.165, 1.54) is 38.5 Å². The van der Waals surface area contributed by atoms with E-state index < -0.39 is 5.97 Å². The summed E-state index contributed by atoms with van der Waals surface area (Å²) < 4.78 is 0. The van der Waals surface area contributed by atoms with Crippen LogP contribution in [0.3, 0.4) is 0 Å². The minimum absolute atomic E-state index is 0.129. The number of hydrogen-bond acceptors (Lipinski definition) is 11. The number of aromatic nitrogens is 3. The first-order valence-corrected chi connectivity index (χ1v) is 22.1. The van der Waals surface area contributed by atoms with Crippen molar-refractivity contribution in [2.45, 2.75) is 231 Å². The number of nitrogens with zero attached hydrogens (tertiary/aromatic N) is 5. The molecule has 314 valence electrons. The average Bonchev–Trinajstić information content (AvgIpc) is 3.10. The number of hydroxylamine groups is 4. The van der Waals surface area contributed by atoms with Gasteiger partial charge >= 0.3 is 5.97 Å². The molecule has 2 unspecified atom stereocenters. The third-order valence-electron chi connectivity index (χ3n) is 12.9. The summed E-state index contributed by atoms with van der Waals surface area (Å²) in [6.07, 6.45) is 20.7. The van der Waals surface area contributed by atoms with Crippen LogP contribution >= 0.6 is 0 Å². The first-order chi connectivity index (χ1) is 25.9. The maximum absolute atomic E-state index is 11.6. The number of carboxylic acids is 1. The lowest BCUT2D eigenvalue weighted by Crippen LogP contribution is -2.63. The first kappa shape index (κ1) is 43.8. The molecular weight excluding hydrogens is 693 g/mol. The Balaban J connectivity index is 1.36. The van der Waals surface area contributed by atoms with Gasteiger partial charge in [-0.3, -0.25) is 14.5 Å². The van der Waals surface area contributed by atoms with Gasteiger partial charge in [0.05, 0.1) is 12.2 Å².